The highest BCUT2D eigenvalue weighted by atomic mass is 35.5. The smallest absolute Gasteiger partial charge is 0.227 e. The van der Waals surface area contributed by atoms with E-state index in [1.165, 1.54) is 0 Å². The lowest BCUT2D eigenvalue weighted by molar-refractivity contribution is -0.119. The fourth-order valence-electron chi connectivity index (χ4n) is 3.27. The summed E-state index contributed by atoms with van der Waals surface area (Å²) in [5, 5.41) is 8.60. The number of oxazole rings is 1. The van der Waals surface area contributed by atoms with Gasteiger partial charge in [0.1, 0.15) is 5.52 Å². The molecule has 4 rings (SSSR count). The summed E-state index contributed by atoms with van der Waals surface area (Å²) in [5.74, 6) is 0.430. The Morgan fingerprint density at radius 1 is 1.13 bits per heavy atom. The monoisotopic (exact) mass is 437 g/mol. The van der Waals surface area contributed by atoms with Crippen molar-refractivity contribution in [3.8, 4) is 11.5 Å². The molecule has 5 nitrogen and oxygen atoms in total. The van der Waals surface area contributed by atoms with Gasteiger partial charge in [-0.2, -0.15) is 0 Å². The second-order valence-electron chi connectivity index (χ2n) is 6.95. The molecule has 30 heavy (non-hydrogen) atoms. The molecule has 1 aromatic heterocycles. The van der Waals surface area contributed by atoms with Gasteiger partial charge in [0.25, 0.3) is 0 Å². The van der Waals surface area contributed by atoms with Gasteiger partial charge in [0, 0.05) is 28.1 Å². The van der Waals surface area contributed by atoms with Crippen molar-refractivity contribution < 1.29 is 9.21 Å². The van der Waals surface area contributed by atoms with E-state index in [-0.39, 0.29) is 11.0 Å². The molecule has 0 spiro atoms. The van der Waals surface area contributed by atoms with E-state index in [4.69, 9.17) is 28.2 Å². The molecule has 0 unspecified atom stereocenters. The maximum atomic E-state index is 11.8. The number of rotatable bonds is 5. The lowest BCUT2D eigenvalue weighted by Crippen LogP contribution is -2.33. The molecule has 0 saturated heterocycles. The number of fused-ring (bicyclic) bond motifs is 2. The maximum Gasteiger partial charge on any atom is 0.227 e. The third-order valence-corrected chi connectivity index (χ3v) is 5.29. The molecule has 0 aliphatic rings. The zero-order chi connectivity index (χ0) is 21.1. The molecule has 0 atom stereocenters. The van der Waals surface area contributed by atoms with E-state index in [9.17, 15) is 4.79 Å². The fourth-order valence-corrected chi connectivity index (χ4v) is 3.74. The number of amides is 1. The highest BCUT2D eigenvalue weighted by Gasteiger charge is 2.13. The van der Waals surface area contributed by atoms with Crippen molar-refractivity contribution in [3.05, 3.63) is 59.6 Å². The molecule has 0 aliphatic heterocycles. The molecule has 4 aromatic rings. The summed E-state index contributed by atoms with van der Waals surface area (Å²) in [5.41, 5.74) is 2.95. The zero-order valence-electron chi connectivity index (χ0n) is 16.4. The van der Waals surface area contributed by atoms with E-state index in [2.05, 4.69) is 15.6 Å². The number of hydrogen-bond donors (Lipinski definition) is 2. The first-order valence-electron chi connectivity index (χ1n) is 9.74. The molecule has 0 bridgehead atoms. The number of thiocarbonyl (C=S) groups is 1. The summed E-state index contributed by atoms with van der Waals surface area (Å²) in [6.07, 6.45) is 2.25. The number of benzene rings is 3. The van der Waals surface area contributed by atoms with Crippen LogP contribution in [0.4, 0.5) is 5.69 Å². The summed E-state index contributed by atoms with van der Waals surface area (Å²) < 4.78 is 5.99. The van der Waals surface area contributed by atoms with Gasteiger partial charge in [0.2, 0.25) is 11.8 Å². The van der Waals surface area contributed by atoms with Crippen LogP contribution in [0, 0.1) is 0 Å². The summed E-state index contributed by atoms with van der Waals surface area (Å²) >= 11 is 11.6. The predicted octanol–water partition coefficient (Wildman–Crippen LogP) is 6.30. The number of carbonyl (C=O) groups excluding carboxylic acids is 1. The predicted molar refractivity (Wildman–Crippen MR) is 126 cm³/mol. The van der Waals surface area contributed by atoms with Crippen LogP contribution in [0.15, 0.2) is 59.0 Å². The highest BCUT2D eigenvalue weighted by Crippen LogP contribution is 2.33. The summed E-state index contributed by atoms with van der Waals surface area (Å²) in [6.45, 7) is 2.04. The van der Waals surface area contributed by atoms with Gasteiger partial charge in [-0.25, -0.2) is 4.98 Å². The van der Waals surface area contributed by atoms with Gasteiger partial charge in [-0.1, -0.05) is 49.2 Å². The van der Waals surface area contributed by atoms with Crippen molar-refractivity contribution >= 4 is 62.4 Å². The van der Waals surface area contributed by atoms with Crippen LogP contribution in [0.1, 0.15) is 26.2 Å². The van der Waals surface area contributed by atoms with Crippen molar-refractivity contribution in [3.63, 3.8) is 0 Å². The van der Waals surface area contributed by atoms with Gasteiger partial charge < -0.3 is 15.1 Å². The van der Waals surface area contributed by atoms with Gasteiger partial charge >= 0.3 is 0 Å². The average molecular weight is 438 g/mol. The van der Waals surface area contributed by atoms with Crippen LogP contribution in [-0.2, 0) is 4.79 Å². The lowest BCUT2D eigenvalue weighted by Gasteiger charge is -2.09. The number of nitrogens with one attached hydrogen (secondary N) is 2. The van der Waals surface area contributed by atoms with E-state index in [0.717, 1.165) is 34.9 Å². The van der Waals surface area contributed by atoms with Crippen molar-refractivity contribution in [2.45, 2.75) is 26.2 Å². The Bertz CT molecular complexity index is 1250. The highest BCUT2D eigenvalue weighted by molar-refractivity contribution is 7.80. The van der Waals surface area contributed by atoms with Gasteiger partial charge in [-0.05, 0) is 54.4 Å². The van der Waals surface area contributed by atoms with Crippen molar-refractivity contribution in [2.24, 2.45) is 0 Å². The normalized spacial score (nSPS) is 11.0. The SMILES string of the molecule is CCCCC(=O)NC(=S)Nc1ccc2oc(-c3cccc4c(Cl)cccc34)nc2c1. The Balaban J connectivity index is 1.59. The van der Waals surface area contributed by atoms with Crippen LogP contribution >= 0.6 is 23.8 Å². The Morgan fingerprint density at radius 3 is 2.77 bits per heavy atom. The minimum Gasteiger partial charge on any atom is -0.436 e. The molecule has 0 radical (unpaired) electrons. The van der Waals surface area contributed by atoms with Gasteiger partial charge in [-0.15, -0.1) is 0 Å². The largest absolute Gasteiger partial charge is 0.436 e. The fraction of sp³-hybridized carbons (Fsp3) is 0.174. The molecule has 7 heteroatoms. The molecule has 0 aliphatic carbocycles. The maximum absolute atomic E-state index is 11.8. The van der Waals surface area contributed by atoms with Crippen molar-refractivity contribution in [2.75, 3.05) is 5.32 Å². The second-order valence-corrected chi connectivity index (χ2v) is 7.76. The number of anilines is 1. The Hall–Kier alpha value is -2.96. The molecule has 152 valence electrons. The number of nitrogens with zero attached hydrogens (tertiary/aromatic N) is 1. The number of unbranched alkanes of at least 4 members (excludes halogenated alkanes) is 1. The molecule has 0 saturated carbocycles. The number of hydrogen-bond acceptors (Lipinski definition) is 4. The molecule has 1 heterocycles. The van der Waals surface area contributed by atoms with Crippen LogP contribution in [0.5, 0.6) is 0 Å². The van der Waals surface area contributed by atoms with E-state index in [1.54, 1.807) is 0 Å². The van der Waals surface area contributed by atoms with E-state index in [1.807, 2.05) is 61.5 Å². The minimum atomic E-state index is -0.0891. The van der Waals surface area contributed by atoms with Crippen molar-refractivity contribution in [1.82, 2.24) is 10.3 Å². The van der Waals surface area contributed by atoms with Gasteiger partial charge in [0.05, 0.1) is 0 Å². The van der Waals surface area contributed by atoms with E-state index < -0.39 is 0 Å². The standard InChI is InChI=1S/C23H20ClN3O2S/c1-2-3-10-21(28)27-23(30)25-14-11-12-20-19(13-14)26-22(29-20)17-8-4-7-16-15(17)6-5-9-18(16)24/h4-9,11-13H,2-3,10H2,1H3,(H2,25,27,28,30). The number of carbonyl (C=O) groups is 1. The molecular weight excluding hydrogens is 418 g/mol. The third-order valence-electron chi connectivity index (χ3n) is 4.76. The molecule has 1 amide bonds. The quantitative estimate of drug-likeness (QED) is 0.358. The third kappa shape index (κ3) is 4.30. The van der Waals surface area contributed by atoms with Crippen LogP contribution in [-0.4, -0.2) is 16.0 Å². The zero-order valence-corrected chi connectivity index (χ0v) is 17.9. The van der Waals surface area contributed by atoms with Crippen LogP contribution < -0.4 is 10.6 Å². The second kappa shape index (κ2) is 8.81. The Labute approximate surface area is 184 Å². The minimum absolute atomic E-state index is 0.0891. The molecular formula is C23H20ClN3O2S. The Kier molecular flexibility index (Phi) is 5.97. The summed E-state index contributed by atoms with van der Waals surface area (Å²) in [7, 11) is 0. The first-order valence-corrected chi connectivity index (χ1v) is 10.5. The van der Waals surface area contributed by atoms with Gasteiger partial charge in [-0.3, -0.25) is 4.79 Å². The van der Waals surface area contributed by atoms with E-state index in [0.29, 0.717) is 28.4 Å². The Morgan fingerprint density at radius 2 is 1.93 bits per heavy atom. The van der Waals surface area contributed by atoms with E-state index >= 15 is 0 Å². The van der Waals surface area contributed by atoms with Gasteiger partial charge in [0.15, 0.2) is 10.7 Å². The van der Waals surface area contributed by atoms with Crippen LogP contribution in [0.25, 0.3) is 33.3 Å². The van der Waals surface area contributed by atoms with Crippen LogP contribution in [0.3, 0.4) is 0 Å². The van der Waals surface area contributed by atoms with Crippen molar-refractivity contribution in [1.29, 1.82) is 0 Å². The molecule has 0 fully saturated rings. The average Bonchev–Trinajstić information content (AvgIpc) is 3.15. The summed E-state index contributed by atoms with van der Waals surface area (Å²) in [4.78, 5) is 16.5. The first-order chi connectivity index (χ1) is 14.5. The number of halogens is 1. The first kappa shape index (κ1) is 20.3. The molecule has 2 N–H and O–H groups in total. The topological polar surface area (TPSA) is 67.2 Å². The van der Waals surface area contributed by atoms with Crippen LogP contribution in [0.2, 0.25) is 5.02 Å². The summed E-state index contributed by atoms with van der Waals surface area (Å²) in [6, 6.07) is 17.1. The molecule has 3 aromatic carbocycles. The number of aromatic nitrogens is 1. The lowest BCUT2D eigenvalue weighted by atomic mass is 10.0.